The zero-order chi connectivity index (χ0) is 36.2. The Morgan fingerprint density at radius 1 is 0.827 bits per heavy atom. The predicted octanol–water partition coefficient (Wildman–Crippen LogP) is 9.11. The van der Waals surface area contributed by atoms with Gasteiger partial charge in [-0.05, 0) is 52.9 Å². The van der Waals surface area contributed by atoms with Crippen molar-refractivity contribution in [2.75, 3.05) is 12.4 Å². The zero-order valence-corrected chi connectivity index (χ0v) is 31.1. The number of amides is 2. The average molecular weight is 792 g/mol. The van der Waals surface area contributed by atoms with Crippen LogP contribution in [-0.4, -0.2) is 46.5 Å². The van der Waals surface area contributed by atoms with Gasteiger partial charge < -0.3 is 19.5 Å². The number of halogens is 3. The van der Waals surface area contributed by atoms with E-state index in [-0.39, 0.29) is 30.4 Å². The first-order valence-corrected chi connectivity index (χ1v) is 19.2. The number of hydrogen-bond donors (Lipinski definition) is 1. The first kappa shape index (κ1) is 35.9. The molecule has 7 rings (SSSR count). The number of esters is 1. The Hall–Kier alpha value is -4.45. The van der Waals surface area contributed by atoms with E-state index < -0.39 is 29.4 Å². The van der Waals surface area contributed by atoms with Crippen molar-refractivity contribution in [2.45, 2.75) is 23.9 Å². The SMILES string of the molecule is O=C(Cc1cccs1)NC1C(=O)N2C(C(=O)OC(c3ccccc3)c3ccccc3)=C(COc3cc(Cl)ccc3Oc3ccc(Cl)cc3Cl)CS[C@H]12. The minimum absolute atomic E-state index is 0.0691. The van der Waals surface area contributed by atoms with Gasteiger partial charge in [-0.3, -0.25) is 14.5 Å². The van der Waals surface area contributed by atoms with Crippen molar-refractivity contribution < 1.29 is 28.6 Å². The highest BCUT2D eigenvalue weighted by Gasteiger charge is 2.54. The Balaban J connectivity index is 1.19. The molecule has 1 unspecified atom stereocenters. The molecule has 0 spiro atoms. The van der Waals surface area contributed by atoms with Gasteiger partial charge in [-0.2, -0.15) is 0 Å². The van der Waals surface area contributed by atoms with E-state index in [9.17, 15) is 14.4 Å². The molecule has 1 N–H and O–H groups in total. The number of benzene rings is 4. The van der Waals surface area contributed by atoms with E-state index in [1.54, 1.807) is 36.4 Å². The fourth-order valence-electron chi connectivity index (χ4n) is 5.85. The molecule has 3 heterocycles. The molecule has 0 bridgehead atoms. The number of nitrogens with one attached hydrogen (secondary N) is 1. The lowest BCUT2D eigenvalue weighted by atomic mass is 10.0. The summed E-state index contributed by atoms with van der Waals surface area (Å²) in [6, 6.07) is 31.4. The number of β-lactam (4-membered cyclic amide) rings is 1. The van der Waals surface area contributed by atoms with Crippen LogP contribution in [0.4, 0.5) is 0 Å². The van der Waals surface area contributed by atoms with Crippen LogP contribution in [0.2, 0.25) is 15.1 Å². The van der Waals surface area contributed by atoms with Crippen LogP contribution in [0.15, 0.2) is 126 Å². The fraction of sp³-hybridized carbons (Fsp3) is 0.154. The first-order valence-electron chi connectivity index (χ1n) is 16.1. The largest absolute Gasteiger partial charge is 0.485 e. The lowest BCUT2D eigenvalue weighted by Gasteiger charge is -2.49. The van der Waals surface area contributed by atoms with Crippen molar-refractivity contribution in [2.24, 2.45) is 0 Å². The van der Waals surface area contributed by atoms with E-state index in [1.807, 2.05) is 78.2 Å². The van der Waals surface area contributed by atoms with Crippen molar-refractivity contribution in [3.05, 3.63) is 157 Å². The summed E-state index contributed by atoms with van der Waals surface area (Å²) in [5.74, 6) is -0.116. The molecule has 4 aromatic carbocycles. The van der Waals surface area contributed by atoms with Crippen LogP contribution in [0.5, 0.6) is 17.2 Å². The zero-order valence-electron chi connectivity index (χ0n) is 27.2. The minimum atomic E-state index is -0.807. The highest BCUT2D eigenvalue weighted by atomic mass is 35.5. The molecular formula is C39H29Cl3N2O6S2. The van der Waals surface area contributed by atoms with E-state index in [4.69, 9.17) is 49.0 Å². The Labute approximate surface area is 323 Å². The number of thioether (sulfide) groups is 1. The number of ether oxygens (including phenoxy) is 3. The maximum absolute atomic E-state index is 14.4. The maximum atomic E-state index is 14.4. The van der Waals surface area contributed by atoms with Crippen molar-refractivity contribution in [3.8, 4) is 17.2 Å². The van der Waals surface area contributed by atoms with Crippen LogP contribution in [0.25, 0.3) is 0 Å². The normalized spacial score (nSPS) is 16.6. The molecule has 8 nitrogen and oxygen atoms in total. The molecule has 264 valence electrons. The quantitative estimate of drug-likeness (QED) is 0.0996. The lowest BCUT2D eigenvalue weighted by Crippen LogP contribution is -2.70. The van der Waals surface area contributed by atoms with Gasteiger partial charge in [0.1, 0.15) is 29.5 Å². The standard InChI is InChI=1S/C39H29Cl3N2O6S2/c40-26-13-15-30(29(42)18-26)49-31-16-14-27(41)19-32(31)48-21-25-22-52-38-34(43-33(45)20-28-12-7-17-51-28)37(46)44(38)35(25)39(47)50-36(23-8-3-1-4-9-23)24-10-5-2-6-11-24/h1-19,34,36,38H,20-22H2,(H,43,45)/t34?,38-/m1/s1. The third-order valence-electron chi connectivity index (χ3n) is 8.32. The van der Waals surface area contributed by atoms with Gasteiger partial charge in [0.2, 0.25) is 5.91 Å². The third kappa shape index (κ3) is 7.96. The Morgan fingerprint density at radius 3 is 2.15 bits per heavy atom. The smallest absolute Gasteiger partial charge is 0.356 e. The summed E-state index contributed by atoms with van der Waals surface area (Å²) in [5.41, 5.74) is 2.10. The number of nitrogens with zero attached hydrogens (tertiary/aromatic N) is 1. The van der Waals surface area contributed by atoms with Crippen LogP contribution in [-0.2, 0) is 25.5 Å². The van der Waals surface area contributed by atoms with Gasteiger partial charge in [0.15, 0.2) is 17.6 Å². The van der Waals surface area contributed by atoms with Gasteiger partial charge in [-0.1, -0.05) is 102 Å². The first-order chi connectivity index (χ1) is 25.2. The molecule has 2 atom stereocenters. The highest BCUT2D eigenvalue weighted by molar-refractivity contribution is 8.00. The van der Waals surface area contributed by atoms with Crippen molar-refractivity contribution in [1.82, 2.24) is 10.2 Å². The van der Waals surface area contributed by atoms with E-state index >= 15 is 0 Å². The minimum Gasteiger partial charge on any atom is -0.485 e. The Morgan fingerprint density at radius 2 is 1.50 bits per heavy atom. The van der Waals surface area contributed by atoms with Crippen LogP contribution >= 0.6 is 57.9 Å². The maximum Gasteiger partial charge on any atom is 0.356 e. The van der Waals surface area contributed by atoms with E-state index in [0.717, 1.165) is 16.0 Å². The van der Waals surface area contributed by atoms with Gasteiger partial charge in [-0.25, -0.2) is 4.79 Å². The third-order valence-corrected chi connectivity index (χ3v) is 11.3. The Kier molecular flexibility index (Phi) is 11.1. The summed E-state index contributed by atoms with van der Waals surface area (Å²) < 4.78 is 18.6. The summed E-state index contributed by atoms with van der Waals surface area (Å²) in [5, 5.41) is 5.40. The monoisotopic (exact) mass is 790 g/mol. The summed E-state index contributed by atoms with van der Waals surface area (Å²) >= 11 is 21.7. The molecule has 0 saturated carbocycles. The molecule has 13 heteroatoms. The van der Waals surface area contributed by atoms with Crippen molar-refractivity contribution in [3.63, 3.8) is 0 Å². The van der Waals surface area contributed by atoms with Crippen molar-refractivity contribution >= 4 is 75.7 Å². The molecule has 0 radical (unpaired) electrons. The van der Waals surface area contributed by atoms with Gasteiger partial charge in [0, 0.05) is 32.3 Å². The highest BCUT2D eigenvalue weighted by Crippen LogP contribution is 2.43. The molecule has 2 aliphatic heterocycles. The molecule has 1 fully saturated rings. The van der Waals surface area contributed by atoms with Crippen LogP contribution < -0.4 is 14.8 Å². The summed E-state index contributed by atoms with van der Waals surface area (Å²) in [6.45, 7) is -0.101. The molecule has 1 aromatic heterocycles. The molecular weight excluding hydrogens is 763 g/mol. The number of carbonyl (C=O) groups excluding carboxylic acids is 3. The van der Waals surface area contributed by atoms with E-state index in [1.165, 1.54) is 28.0 Å². The average Bonchev–Trinajstić information content (AvgIpc) is 3.67. The Bertz CT molecular complexity index is 2090. The number of fused-ring (bicyclic) bond motifs is 1. The van der Waals surface area contributed by atoms with E-state index in [0.29, 0.717) is 37.9 Å². The summed E-state index contributed by atoms with van der Waals surface area (Å²) in [4.78, 5) is 43.4. The second-order valence-corrected chi connectivity index (χ2v) is 15.2. The van der Waals surface area contributed by atoms with Crippen molar-refractivity contribution in [1.29, 1.82) is 0 Å². The van der Waals surface area contributed by atoms with Crippen LogP contribution in [0, 0.1) is 0 Å². The number of thiophene rings is 1. The van der Waals surface area contributed by atoms with Gasteiger partial charge in [-0.15, -0.1) is 23.1 Å². The second-order valence-electron chi connectivity index (χ2n) is 11.8. The molecule has 1 saturated heterocycles. The fourth-order valence-corrected chi connectivity index (χ4v) is 8.49. The second kappa shape index (κ2) is 16.1. The molecule has 5 aromatic rings. The van der Waals surface area contributed by atoms with Gasteiger partial charge in [0.05, 0.1) is 11.4 Å². The van der Waals surface area contributed by atoms with E-state index in [2.05, 4.69) is 5.32 Å². The van der Waals surface area contributed by atoms with Crippen LogP contribution in [0.3, 0.4) is 0 Å². The molecule has 0 aliphatic carbocycles. The van der Waals surface area contributed by atoms with Crippen LogP contribution in [0.1, 0.15) is 22.1 Å². The molecule has 52 heavy (non-hydrogen) atoms. The number of carbonyl (C=O) groups is 3. The van der Waals surface area contributed by atoms with Gasteiger partial charge in [0.25, 0.3) is 5.91 Å². The number of hydrogen-bond acceptors (Lipinski definition) is 8. The topological polar surface area (TPSA) is 94.2 Å². The molecule has 2 aliphatic rings. The predicted molar refractivity (Wildman–Crippen MR) is 204 cm³/mol. The number of rotatable bonds is 12. The van der Waals surface area contributed by atoms with Gasteiger partial charge >= 0.3 is 5.97 Å². The lowest BCUT2D eigenvalue weighted by molar-refractivity contribution is -0.154. The summed E-state index contributed by atoms with van der Waals surface area (Å²) in [7, 11) is 0. The summed E-state index contributed by atoms with van der Waals surface area (Å²) in [6.07, 6.45) is -0.601. The molecule has 2 amide bonds.